The fourth-order valence-corrected chi connectivity index (χ4v) is 2.31. The van der Waals surface area contributed by atoms with Crippen LogP contribution in [0, 0.1) is 5.92 Å². The number of aliphatic hydroxyl groups is 1. The largest absolute Gasteiger partial charge is 0.395 e. The number of aliphatic hydroxyl groups excluding tert-OH is 1. The second kappa shape index (κ2) is 5.57. The third-order valence-corrected chi connectivity index (χ3v) is 3.05. The van der Waals surface area contributed by atoms with Crippen LogP contribution in [-0.4, -0.2) is 31.9 Å². The maximum absolute atomic E-state index is 11.2. The van der Waals surface area contributed by atoms with Gasteiger partial charge >= 0.3 is 0 Å². The zero-order valence-corrected chi connectivity index (χ0v) is 9.26. The van der Waals surface area contributed by atoms with Crippen molar-refractivity contribution in [3.63, 3.8) is 0 Å². The molecule has 0 aromatic carbocycles. The first-order valence-electron chi connectivity index (χ1n) is 4.48. The smallest absolute Gasteiger partial charge is 0.214 e. The molecule has 0 aromatic rings. The van der Waals surface area contributed by atoms with Gasteiger partial charge in [-0.05, 0) is 19.3 Å². The van der Waals surface area contributed by atoms with Gasteiger partial charge in [-0.25, -0.2) is 13.1 Å². The summed E-state index contributed by atoms with van der Waals surface area (Å²) in [5.74, 6) is 0.252. The maximum atomic E-state index is 11.2. The highest BCUT2D eigenvalue weighted by Gasteiger charge is 2.14. The average Bonchev–Trinajstić information content (AvgIpc) is 1.81. The van der Waals surface area contributed by atoms with Crippen LogP contribution in [-0.2, 0) is 10.0 Å². The molecule has 0 amide bonds. The molecule has 1 unspecified atom stereocenters. The normalized spacial score (nSPS) is 14.8. The van der Waals surface area contributed by atoms with Crippen molar-refractivity contribution < 1.29 is 13.5 Å². The van der Waals surface area contributed by atoms with Crippen molar-refractivity contribution in [2.24, 2.45) is 5.92 Å². The minimum absolute atomic E-state index is 0.0588. The Morgan fingerprint density at radius 3 is 2.23 bits per heavy atom. The van der Waals surface area contributed by atoms with Crippen molar-refractivity contribution in [2.45, 2.75) is 33.2 Å². The summed E-state index contributed by atoms with van der Waals surface area (Å²) in [5, 5.41) is 8.48. The standard InChI is InChI=1S/C8H19NO3S/c1-7(2)6-8(3)9-13(11,12)5-4-10/h7-10H,4-6H2,1-3H3. The van der Waals surface area contributed by atoms with Crippen LogP contribution in [0.5, 0.6) is 0 Å². The minimum atomic E-state index is -3.28. The van der Waals surface area contributed by atoms with E-state index in [0.29, 0.717) is 5.92 Å². The van der Waals surface area contributed by atoms with E-state index in [1.807, 2.05) is 20.8 Å². The Hall–Kier alpha value is -0.130. The third-order valence-electron chi connectivity index (χ3n) is 1.57. The van der Waals surface area contributed by atoms with E-state index in [1.54, 1.807) is 0 Å². The highest BCUT2D eigenvalue weighted by molar-refractivity contribution is 7.89. The van der Waals surface area contributed by atoms with Gasteiger partial charge in [-0.2, -0.15) is 0 Å². The monoisotopic (exact) mass is 209 g/mol. The van der Waals surface area contributed by atoms with E-state index < -0.39 is 10.0 Å². The maximum Gasteiger partial charge on any atom is 0.214 e. The van der Waals surface area contributed by atoms with E-state index in [4.69, 9.17) is 5.11 Å². The minimum Gasteiger partial charge on any atom is -0.395 e. The van der Waals surface area contributed by atoms with Crippen molar-refractivity contribution in [1.82, 2.24) is 4.72 Å². The van der Waals surface area contributed by atoms with E-state index in [0.717, 1.165) is 6.42 Å². The molecule has 1 atom stereocenters. The lowest BCUT2D eigenvalue weighted by atomic mass is 10.1. The van der Waals surface area contributed by atoms with Gasteiger partial charge in [0.15, 0.2) is 0 Å². The Bertz CT molecular complexity index is 224. The molecule has 0 aliphatic heterocycles. The lowest BCUT2D eigenvalue weighted by Gasteiger charge is -2.15. The molecule has 0 rings (SSSR count). The van der Waals surface area contributed by atoms with Crippen molar-refractivity contribution in [2.75, 3.05) is 12.4 Å². The molecule has 5 heteroatoms. The molecule has 13 heavy (non-hydrogen) atoms. The first kappa shape index (κ1) is 12.9. The molecule has 0 fully saturated rings. The van der Waals surface area contributed by atoms with Gasteiger partial charge in [0.05, 0.1) is 12.4 Å². The third kappa shape index (κ3) is 6.98. The summed E-state index contributed by atoms with van der Waals surface area (Å²) in [7, 11) is -3.28. The molecule has 0 aliphatic rings. The lowest BCUT2D eigenvalue weighted by Crippen LogP contribution is -2.35. The summed E-state index contributed by atoms with van der Waals surface area (Å²) >= 11 is 0. The van der Waals surface area contributed by atoms with Crippen molar-refractivity contribution in [3.8, 4) is 0 Å². The summed E-state index contributed by atoms with van der Waals surface area (Å²) in [5.41, 5.74) is 0. The molecule has 0 aliphatic carbocycles. The van der Waals surface area contributed by atoms with Crippen LogP contribution >= 0.6 is 0 Å². The molecule has 80 valence electrons. The number of hydrogen-bond acceptors (Lipinski definition) is 3. The SMILES string of the molecule is CC(C)CC(C)NS(=O)(=O)CCO. The summed E-state index contributed by atoms with van der Waals surface area (Å²) in [6.45, 7) is 5.58. The second-order valence-electron chi connectivity index (χ2n) is 3.69. The summed E-state index contributed by atoms with van der Waals surface area (Å²) in [4.78, 5) is 0. The number of nitrogens with one attached hydrogen (secondary N) is 1. The van der Waals surface area contributed by atoms with Crippen LogP contribution in [0.15, 0.2) is 0 Å². The van der Waals surface area contributed by atoms with E-state index in [-0.39, 0.29) is 18.4 Å². The topological polar surface area (TPSA) is 66.4 Å². The number of rotatable bonds is 6. The Morgan fingerprint density at radius 2 is 1.85 bits per heavy atom. The molecule has 0 bridgehead atoms. The molecular weight excluding hydrogens is 190 g/mol. The van der Waals surface area contributed by atoms with Gasteiger partial charge < -0.3 is 5.11 Å². The molecule has 4 nitrogen and oxygen atoms in total. The molecular formula is C8H19NO3S. The number of sulfonamides is 1. The Labute approximate surface area is 80.4 Å². The Morgan fingerprint density at radius 1 is 1.31 bits per heavy atom. The van der Waals surface area contributed by atoms with E-state index in [2.05, 4.69) is 4.72 Å². The van der Waals surface area contributed by atoms with Crippen LogP contribution in [0.4, 0.5) is 0 Å². The molecule has 2 N–H and O–H groups in total. The quantitative estimate of drug-likeness (QED) is 0.662. The van der Waals surface area contributed by atoms with Crippen molar-refractivity contribution in [1.29, 1.82) is 0 Å². The molecule has 0 saturated heterocycles. The second-order valence-corrected chi connectivity index (χ2v) is 5.56. The van der Waals surface area contributed by atoms with Crippen molar-refractivity contribution in [3.05, 3.63) is 0 Å². The van der Waals surface area contributed by atoms with Gasteiger partial charge in [-0.1, -0.05) is 13.8 Å². The molecule has 0 aromatic heterocycles. The van der Waals surface area contributed by atoms with E-state index >= 15 is 0 Å². The highest BCUT2D eigenvalue weighted by Crippen LogP contribution is 2.04. The summed E-state index contributed by atoms with van der Waals surface area (Å²) < 4.78 is 24.8. The van der Waals surface area contributed by atoms with Gasteiger partial charge in [0.25, 0.3) is 0 Å². The van der Waals surface area contributed by atoms with Gasteiger partial charge in [0.2, 0.25) is 10.0 Å². The van der Waals surface area contributed by atoms with Gasteiger partial charge in [0, 0.05) is 6.04 Å². The first-order chi connectivity index (χ1) is 5.87. The van der Waals surface area contributed by atoms with Crippen molar-refractivity contribution >= 4 is 10.0 Å². The van der Waals surface area contributed by atoms with Crippen LogP contribution in [0.25, 0.3) is 0 Å². The fraction of sp³-hybridized carbons (Fsp3) is 1.00. The zero-order valence-electron chi connectivity index (χ0n) is 8.45. The molecule has 0 radical (unpaired) electrons. The fourth-order valence-electron chi connectivity index (χ4n) is 1.24. The zero-order chi connectivity index (χ0) is 10.5. The van der Waals surface area contributed by atoms with Crippen LogP contribution < -0.4 is 4.72 Å². The summed E-state index contributed by atoms with van der Waals surface area (Å²) in [6, 6.07) is -0.0588. The molecule has 0 saturated carbocycles. The summed E-state index contributed by atoms with van der Waals surface area (Å²) in [6.07, 6.45) is 0.810. The Balaban J connectivity index is 3.97. The average molecular weight is 209 g/mol. The van der Waals surface area contributed by atoms with Gasteiger partial charge in [0.1, 0.15) is 0 Å². The number of hydrogen-bond donors (Lipinski definition) is 2. The van der Waals surface area contributed by atoms with E-state index in [9.17, 15) is 8.42 Å². The van der Waals surface area contributed by atoms with Crippen LogP contribution in [0.3, 0.4) is 0 Å². The van der Waals surface area contributed by atoms with Gasteiger partial charge in [-0.3, -0.25) is 0 Å². The van der Waals surface area contributed by atoms with E-state index in [1.165, 1.54) is 0 Å². The predicted octanol–water partition coefficient (Wildman–Crippen LogP) is 0.333. The lowest BCUT2D eigenvalue weighted by molar-refractivity contribution is 0.318. The first-order valence-corrected chi connectivity index (χ1v) is 6.13. The van der Waals surface area contributed by atoms with Gasteiger partial charge in [-0.15, -0.1) is 0 Å². The van der Waals surface area contributed by atoms with Crippen LogP contribution in [0.2, 0.25) is 0 Å². The Kier molecular flexibility index (Phi) is 5.51. The predicted molar refractivity (Wildman–Crippen MR) is 52.9 cm³/mol. The van der Waals surface area contributed by atoms with Crippen LogP contribution in [0.1, 0.15) is 27.2 Å². The highest BCUT2D eigenvalue weighted by atomic mass is 32.2. The molecule has 0 spiro atoms. The molecule has 0 heterocycles.